The van der Waals surface area contributed by atoms with Gasteiger partial charge in [-0.3, -0.25) is 5.41 Å². The first-order chi connectivity index (χ1) is 9.82. The Morgan fingerprint density at radius 1 is 1.52 bits per heavy atom. The van der Waals surface area contributed by atoms with Crippen LogP contribution in [-0.4, -0.2) is 31.5 Å². The Kier molecular flexibility index (Phi) is 4.04. The highest BCUT2D eigenvalue weighted by Gasteiger charge is 2.45. The average Bonchev–Trinajstić information content (AvgIpc) is 2.42. The molecule has 7 heteroatoms. The summed E-state index contributed by atoms with van der Waals surface area (Å²) in [6.07, 6.45) is 2.50. The van der Waals surface area contributed by atoms with Crippen LogP contribution in [0.15, 0.2) is 36.9 Å². The lowest BCUT2D eigenvalue weighted by atomic mass is 9.86. The average molecular weight is 311 g/mol. The van der Waals surface area contributed by atoms with Gasteiger partial charge < -0.3 is 5.32 Å². The van der Waals surface area contributed by atoms with Crippen LogP contribution in [0.1, 0.15) is 18.4 Å². The molecule has 1 aliphatic rings. The second kappa shape index (κ2) is 5.48. The van der Waals surface area contributed by atoms with Crippen molar-refractivity contribution in [3.8, 4) is 0 Å². The van der Waals surface area contributed by atoms with Crippen LogP contribution in [0.3, 0.4) is 0 Å². The van der Waals surface area contributed by atoms with Gasteiger partial charge in [0.1, 0.15) is 5.82 Å². The van der Waals surface area contributed by atoms with Crippen LogP contribution >= 0.6 is 0 Å². The van der Waals surface area contributed by atoms with E-state index in [1.807, 2.05) is 0 Å². The molecular formula is C14H18FN3O2S. The predicted molar refractivity (Wildman–Crippen MR) is 79.9 cm³/mol. The fourth-order valence-electron chi connectivity index (χ4n) is 2.50. The molecule has 1 aliphatic heterocycles. The zero-order valence-corrected chi connectivity index (χ0v) is 12.6. The summed E-state index contributed by atoms with van der Waals surface area (Å²) < 4.78 is 39.6. The second-order valence-corrected chi connectivity index (χ2v) is 7.09. The van der Waals surface area contributed by atoms with Crippen molar-refractivity contribution in [1.29, 1.82) is 5.41 Å². The predicted octanol–water partition coefficient (Wildman–Crippen LogP) is 1.79. The van der Waals surface area contributed by atoms with Gasteiger partial charge in [0.05, 0.1) is 11.3 Å². The molecule has 114 valence electrons. The Hall–Kier alpha value is -1.89. The summed E-state index contributed by atoms with van der Waals surface area (Å²) >= 11 is 0. The molecule has 0 saturated carbocycles. The van der Waals surface area contributed by atoms with Gasteiger partial charge >= 0.3 is 0 Å². The Labute approximate surface area is 124 Å². The second-order valence-electron chi connectivity index (χ2n) is 5.09. The number of allylic oxidation sites excluding steroid dienone is 1. The van der Waals surface area contributed by atoms with Gasteiger partial charge in [0, 0.05) is 12.6 Å². The van der Waals surface area contributed by atoms with Gasteiger partial charge in [0.15, 0.2) is 0 Å². The maximum atomic E-state index is 14.2. The number of benzene rings is 1. The van der Waals surface area contributed by atoms with Crippen LogP contribution in [0.2, 0.25) is 0 Å². The summed E-state index contributed by atoms with van der Waals surface area (Å²) in [5.74, 6) is -1.04. The Morgan fingerprint density at radius 2 is 2.19 bits per heavy atom. The van der Waals surface area contributed by atoms with Crippen LogP contribution in [-0.2, 0) is 15.6 Å². The van der Waals surface area contributed by atoms with E-state index in [9.17, 15) is 12.8 Å². The maximum absolute atomic E-state index is 14.2. The zero-order chi connectivity index (χ0) is 15.7. The largest absolute Gasteiger partial charge is 0.345 e. The van der Waals surface area contributed by atoms with E-state index in [4.69, 9.17) is 5.41 Å². The monoisotopic (exact) mass is 311 g/mol. The maximum Gasteiger partial charge on any atom is 0.239 e. The van der Waals surface area contributed by atoms with Crippen molar-refractivity contribution >= 4 is 16.0 Å². The smallest absolute Gasteiger partial charge is 0.239 e. The molecule has 1 aromatic rings. The number of hydrogen-bond donors (Lipinski definition) is 2. The highest BCUT2D eigenvalue weighted by Crippen LogP contribution is 2.34. The summed E-state index contributed by atoms with van der Waals surface area (Å²) in [5, 5.41) is 10.7. The summed E-state index contributed by atoms with van der Waals surface area (Å²) in [7, 11) is -2.36. The molecule has 1 aromatic carbocycles. The van der Waals surface area contributed by atoms with Crippen molar-refractivity contribution < 1.29 is 12.8 Å². The lowest BCUT2D eigenvalue weighted by Crippen LogP contribution is -2.62. The number of nitrogens with zero attached hydrogens (tertiary/aromatic N) is 1. The van der Waals surface area contributed by atoms with E-state index in [1.165, 1.54) is 13.1 Å². The highest BCUT2D eigenvalue weighted by molar-refractivity contribution is 7.89. The summed E-state index contributed by atoms with van der Waals surface area (Å²) in [4.78, 5) is 0. The fraction of sp³-hybridized carbons (Fsp3) is 0.357. The van der Waals surface area contributed by atoms with Crippen LogP contribution in [0.5, 0.6) is 0 Å². The minimum Gasteiger partial charge on any atom is -0.345 e. The van der Waals surface area contributed by atoms with Crippen molar-refractivity contribution in [1.82, 2.24) is 9.62 Å². The lowest BCUT2D eigenvalue weighted by molar-refractivity contribution is 0.352. The van der Waals surface area contributed by atoms with Gasteiger partial charge in [-0.2, -0.15) is 0 Å². The van der Waals surface area contributed by atoms with Crippen molar-refractivity contribution in [3.63, 3.8) is 0 Å². The highest BCUT2D eigenvalue weighted by atomic mass is 32.2. The number of nitrogens with one attached hydrogen (secondary N) is 2. The number of hydrogen-bond acceptors (Lipinski definition) is 3. The van der Waals surface area contributed by atoms with Crippen molar-refractivity contribution in [2.45, 2.75) is 18.4 Å². The quantitative estimate of drug-likeness (QED) is 0.833. The van der Waals surface area contributed by atoms with Crippen LogP contribution in [0.25, 0.3) is 0 Å². The summed E-state index contributed by atoms with van der Waals surface area (Å²) in [6, 6.07) is 6.06. The third-order valence-electron chi connectivity index (χ3n) is 3.68. The molecule has 0 aliphatic carbocycles. The van der Waals surface area contributed by atoms with Crippen molar-refractivity contribution in [3.05, 3.63) is 48.3 Å². The molecule has 0 aromatic heterocycles. The van der Waals surface area contributed by atoms with Gasteiger partial charge in [-0.05, 0) is 18.9 Å². The Balaban J connectivity index is 2.56. The number of halogens is 1. The Morgan fingerprint density at radius 3 is 2.76 bits per heavy atom. The summed E-state index contributed by atoms with van der Waals surface area (Å²) in [6.45, 7) is 3.63. The number of sulfonamides is 1. The molecule has 21 heavy (non-hydrogen) atoms. The molecule has 0 bridgehead atoms. The molecule has 1 fully saturated rings. The minimum absolute atomic E-state index is 0.256. The molecule has 1 saturated heterocycles. The standard InChI is InChI=1S/C14H18FN3O2S/c1-3-4-9-14(11-7-5-6-8-12(11)15)10-21(19,20)18(2)13(16)17-14/h3,5-8H,1,4,9-10H2,2H3,(H2,16,17). The first-order valence-corrected chi connectivity index (χ1v) is 8.12. The van der Waals surface area contributed by atoms with Gasteiger partial charge in [0.2, 0.25) is 16.0 Å². The molecule has 1 unspecified atom stereocenters. The van der Waals surface area contributed by atoms with Gasteiger partial charge in [-0.1, -0.05) is 24.3 Å². The van der Waals surface area contributed by atoms with Gasteiger partial charge in [0.25, 0.3) is 0 Å². The van der Waals surface area contributed by atoms with E-state index < -0.39 is 21.4 Å². The van der Waals surface area contributed by atoms with Crippen LogP contribution < -0.4 is 5.32 Å². The third-order valence-corrected chi connectivity index (χ3v) is 5.56. The van der Waals surface area contributed by atoms with E-state index in [0.29, 0.717) is 12.8 Å². The number of rotatable bonds is 4. The van der Waals surface area contributed by atoms with E-state index in [-0.39, 0.29) is 17.3 Å². The van der Waals surface area contributed by atoms with E-state index in [1.54, 1.807) is 24.3 Å². The minimum atomic E-state index is -3.67. The van der Waals surface area contributed by atoms with E-state index in [0.717, 1.165) is 4.31 Å². The summed E-state index contributed by atoms with van der Waals surface area (Å²) in [5.41, 5.74) is -0.893. The molecule has 1 heterocycles. The van der Waals surface area contributed by atoms with Crippen LogP contribution in [0.4, 0.5) is 4.39 Å². The molecule has 0 amide bonds. The molecule has 0 spiro atoms. The topological polar surface area (TPSA) is 73.3 Å². The fourth-order valence-corrected chi connectivity index (χ4v) is 4.01. The first-order valence-electron chi connectivity index (χ1n) is 6.52. The van der Waals surface area contributed by atoms with E-state index >= 15 is 0 Å². The Bertz CT molecular complexity index is 675. The van der Waals surface area contributed by atoms with Gasteiger partial charge in [-0.25, -0.2) is 17.1 Å². The molecule has 2 N–H and O–H groups in total. The molecule has 0 radical (unpaired) electrons. The molecule has 1 atom stereocenters. The number of guanidine groups is 1. The van der Waals surface area contributed by atoms with Crippen molar-refractivity contribution in [2.24, 2.45) is 0 Å². The normalized spacial score (nSPS) is 24.5. The first kappa shape index (κ1) is 15.5. The molecule has 2 rings (SSSR count). The van der Waals surface area contributed by atoms with Gasteiger partial charge in [-0.15, -0.1) is 6.58 Å². The van der Waals surface area contributed by atoms with Crippen molar-refractivity contribution in [2.75, 3.05) is 12.8 Å². The SMILES string of the molecule is C=CCCC1(c2ccccc2F)CS(=O)(=O)N(C)C(=N)N1. The molecular weight excluding hydrogens is 293 g/mol. The third kappa shape index (κ3) is 2.78. The zero-order valence-electron chi connectivity index (χ0n) is 11.8. The van der Waals surface area contributed by atoms with Crippen LogP contribution in [0, 0.1) is 11.2 Å². The molecule has 5 nitrogen and oxygen atoms in total. The lowest BCUT2D eigenvalue weighted by Gasteiger charge is -2.42. The van der Waals surface area contributed by atoms with E-state index in [2.05, 4.69) is 11.9 Å².